The van der Waals surface area contributed by atoms with E-state index < -0.39 is 20.6 Å². The summed E-state index contributed by atoms with van der Waals surface area (Å²) in [4.78, 5) is 24.0. The summed E-state index contributed by atoms with van der Waals surface area (Å²) in [5, 5.41) is 11.1. The smallest absolute Gasteiger partial charge is 0.312 e. The van der Waals surface area contributed by atoms with Gasteiger partial charge < -0.3 is 9.64 Å². The van der Waals surface area contributed by atoms with Gasteiger partial charge in [0.05, 0.1) is 16.9 Å². The summed E-state index contributed by atoms with van der Waals surface area (Å²) in [5.41, 5.74) is 0.972. The third kappa shape index (κ3) is 4.72. The highest BCUT2D eigenvalue weighted by Crippen LogP contribution is 2.29. The summed E-state index contributed by atoms with van der Waals surface area (Å²) < 4.78 is 32.5. The summed E-state index contributed by atoms with van der Waals surface area (Å²) in [6.45, 7) is 0.627. The molecular formula is C19H21N3O6S. The molecule has 1 saturated heterocycles. The van der Waals surface area contributed by atoms with Gasteiger partial charge in [0, 0.05) is 31.3 Å². The molecule has 154 valence electrons. The Kier molecular flexibility index (Phi) is 6.14. The molecule has 0 bridgehead atoms. The number of hydrogen-bond acceptors (Lipinski definition) is 6. The van der Waals surface area contributed by atoms with E-state index >= 15 is 0 Å². The lowest BCUT2D eigenvalue weighted by molar-refractivity contribution is -0.386. The van der Waals surface area contributed by atoms with Gasteiger partial charge in [-0.2, -0.15) is 0 Å². The number of benzene rings is 2. The van der Waals surface area contributed by atoms with Crippen LogP contribution in [-0.4, -0.2) is 32.9 Å². The lowest BCUT2D eigenvalue weighted by atomic mass is 10.1. The molecule has 10 heteroatoms. The molecule has 1 aliphatic rings. The van der Waals surface area contributed by atoms with E-state index in [2.05, 4.69) is 4.72 Å². The van der Waals surface area contributed by atoms with Crippen molar-refractivity contribution in [2.45, 2.75) is 30.7 Å². The molecule has 0 aliphatic carbocycles. The van der Waals surface area contributed by atoms with Crippen LogP contribution in [0.4, 0.5) is 11.4 Å². The van der Waals surface area contributed by atoms with Gasteiger partial charge in [0.1, 0.15) is 0 Å². The zero-order chi connectivity index (χ0) is 21.0. The zero-order valence-corrected chi connectivity index (χ0v) is 16.6. The van der Waals surface area contributed by atoms with Crippen molar-refractivity contribution >= 4 is 27.3 Å². The Morgan fingerprint density at radius 3 is 2.69 bits per heavy atom. The number of nitrogens with one attached hydrogen (secondary N) is 1. The minimum absolute atomic E-state index is 0.0158. The Labute approximate surface area is 168 Å². The first-order chi connectivity index (χ1) is 13.8. The molecule has 1 aliphatic heterocycles. The highest BCUT2D eigenvalue weighted by Gasteiger charge is 2.23. The van der Waals surface area contributed by atoms with Gasteiger partial charge in [-0.15, -0.1) is 0 Å². The third-order valence-corrected chi connectivity index (χ3v) is 6.07. The second-order valence-electron chi connectivity index (χ2n) is 6.59. The number of nitro benzene ring substituents is 1. The van der Waals surface area contributed by atoms with Crippen LogP contribution >= 0.6 is 0 Å². The van der Waals surface area contributed by atoms with Crippen LogP contribution in [-0.2, 0) is 21.4 Å². The molecule has 0 saturated carbocycles. The van der Waals surface area contributed by atoms with Crippen molar-refractivity contribution in [3.05, 3.63) is 58.1 Å². The molecule has 3 rings (SSSR count). The minimum atomic E-state index is -3.98. The highest BCUT2D eigenvalue weighted by atomic mass is 32.2. The Morgan fingerprint density at radius 2 is 2.00 bits per heavy atom. The summed E-state index contributed by atoms with van der Waals surface area (Å²) in [5.74, 6) is 0.0346. The monoisotopic (exact) mass is 419 g/mol. The number of piperidine rings is 1. The quantitative estimate of drug-likeness (QED) is 0.544. The number of ether oxygens (including phenoxy) is 1. The molecule has 1 N–H and O–H groups in total. The first-order valence-corrected chi connectivity index (χ1v) is 10.5. The van der Waals surface area contributed by atoms with Gasteiger partial charge in [0.2, 0.25) is 15.9 Å². The molecule has 9 nitrogen and oxygen atoms in total. The number of nitrogens with zero attached hydrogens (tertiary/aromatic N) is 2. The molecule has 0 atom stereocenters. The predicted octanol–water partition coefficient (Wildman–Crippen LogP) is 2.60. The van der Waals surface area contributed by atoms with Crippen molar-refractivity contribution in [2.75, 3.05) is 18.6 Å². The van der Waals surface area contributed by atoms with E-state index in [-0.39, 0.29) is 23.1 Å². The van der Waals surface area contributed by atoms with Crippen molar-refractivity contribution in [2.24, 2.45) is 0 Å². The van der Waals surface area contributed by atoms with Crippen LogP contribution in [0.3, 0.4) is 0 Å². The van der Waals surface area contributed by atoms with E-state index in [0.717, 1.165) is 24.6 Å². The number of methoxy groups -OCH3 is 1. The number of nitro groups is 1. The van der Waals surface area contributed by atoms with Crippen molar-refractivity contribution in [1.82, 2.24) is 4.72 Å². The van der Waals surface area contributed by atoms with Gasteiger partial charge in [-0.25, -0.2) is 13.1 Å². The van der Waals surface area contributed by atoms with Crippen LogP contribution in [0.1, 0.15) is 24.8 Å². The molecule has 29 heavy (non-hydrogen) atoms. The molecule has 2 aromatic rings. The maximum atomic E-state index is 12.6. The average Bonchev–Trinajstić information content (AvgIpc) is 2.72. The fraction of sp³-hybridized carbons (Fsp3) is 0.316. The fourth-order valence-electron chi connectivity index (χ4n) is 3.15. The Morgan fingerprint density at radius 1 is 1.21 bits per heavy atom. The standard InChI is InChI=1S/C19H21N3O6S/c1-28-18-9-8-16(12-17(18)22(24)25)29(26,27)20-13-14-5-4-6-15(11-14)21-10-3-2-7-19(21)23/h4-6,8-9,11-12,20H,2-3,7,10,13H2,1H3. The van der Waals surface area contributed by atoms with E-state index in [9.17, 15) is 23.3 Å². The van der Waals surface area contributed by atoms with E-state index in [4.69, 9.17) is 4.74 Å². The van der Waals surface area contributed by atoms with Crippen LogP contribution in [0.2, 0.25) is 0 Å². The van der Waals surface area contributed by atoms with Crippen LogP contribution in [0.5, 0.6) is 5.75 Å². The van der Waals surface area contributed by atoms with Crippen molar-refractivity contribution in [3.8, 4) is 5.75 Å². The SMILES string of the molecule is COc1ccc(S(=O)(=O)NCc2cccc(N3CCCCC3=O)c2)cc1[N+](=O)[O-]. The first kappa shape index (κ1) is 20.7. The van der Waals surface area contributed by atoms with Gasteiger partial charge in [-0.3, -0.25) is 14.9 Å². The largest absolute Gasteiger partial charge is 0.490 e. The van der Waals surface area contributed by atoms with Crippen LogP contribution in [0.25, 0.3) is 0 Å². The number of sulfonamides is 1. The molecule has 1 fully saturated rings. The van der Waals surface area contributed by atoms with Gasteiger partial charge in [-0.05, 0) is 42.7 Å². The van der Waals surface area contributed by atoms with Crippen molar-refractivity contribution < 1.29 is 22.9 Å². The van der Waals surface area contributed by atoms with Crippen LogP contribution < -0.4 is 14.4 Å². The Hall–Kier alpha value is -2.98. The summed E-state index contributed by atoms with van der Waals surface area (Å²) in [6, 6.07) is 10.5. The molecule has 1 heterocycles. The molecule has 2 aromatic carbocycles. The number of anilines is 1. The highest BCUT2D eigenvalue weighted by molar-refractivity contribution is 7.89. The number of hydrogen-bond donors (Lipinski definition) is 1. The van der Waals surface area contributed by atoms with Crippen LogP contribution in [0.15, 0.2) is 47.4 Å². The van der Waals surface area contributed by atoms with Gasteiger partial charge >= 0.3 is 5.69 Å². The Balaban J connectivity index is 1.77. The topological polar surface area (TPSA) is 119 Å². The van der Waals surface area contributed by atoms with Gasteiger partial charge in [0.15, 0.2) is 5.75 Å². The second-order valence-corrected chi connectivity index (χ2v) is 8.35. The predicted molar refractivity (Wildman–Crippen MR) is 106 cm³/mol. The zero-order valence-electron chi connectivity index (χ0n) is 15.8. The third-order valence-electron chi connectivity index (χ3n) is 4.67. The summed E-state index contributed by atoms with van der Waals surface area (Å²) in [7, 11) is -2.71. The maximum Gasteiger partial charge on any atom is 0.312 e. The van der Waals surface area contributed by atoms with Crippen molar-refractivity contribution in [3.63, 3.8) is 0 Å². The lowest BCUT2D eigenvalue weighted by Crippen LogP contribution is -2.35. The molecule has 0 aromatic heterocycles. The van der Waals surface area contributed by atoms with E-state index in [1.54, 1.807) is 23.1 Å². The fourth-order valence-corrected chi connectivity index (χ4v) is 4.19. The van der Waals surface area contributed by atoms with E-state index in [1.165, 1.54) is 19.2 Å². The molecule has 0 spiro atoms. The maximum absolute atomic E-state index is 12.6. The molecule has 0 unspecified atom stereocenters. The van der Waals surface area contributed by atoms with Gasteiger partial charge in [-0.1, -0.05) is 12.1 Å². The first-order valence-electron chi connectivity index (χ1n) is 9.03. The van der Waals surface area contributed by atoms with E-state index in [1.807, 2.05) is 6.07 Å². The number of carbonyl (C=O) groups excluding carboxylic acids is 1. The molecular weight excluding hydrogens is 398 g/mol. The number of carbonyl (C=O) groups is 1. The summed E-state index contributed by atoms with van der Waals surface area (Å²) >= 11 is 0. The molecule has 0 radical (unpaired) electrons. The normalized spacial score (nSPS) is 14.7. The van der Waals surface area contributed by atoms with Crippen molar-refractivity contribution in [1.29, 1.82) is 0 Å². The molecule has 1 amide bonds. The van der Waals surface area contributed by atoms with E-state index in [0.29, 0.717) is 18.5 Å². The lowest BCUT2D eigenvalue weighted by Gasteiger charge is -2.27. The number of amides is 1. The number of rotatable bonds is 7. The average molecular weight is 419 g/mol. The summed E-state index contributed by atoms with van der Waals surface area (Å²) in [6.07, 6.45) is 2.31. The Bertz CT molecular complexity index is 1040. The second kappa shape index (κ2) is 8.58. The van der Waals surface area contributed by atoms with Gasteiger partial charge in [0.25, 0.3) is 0 Å². The minimum Gasteiger partial charge on any atom is -0.490 e. The van der Waals surface area contributed by atoms with Crippen LogP contribution in [0, 0.1) is 10.1 Å².